The van der Waals surface area contributed by atoms with E-state index in [4.69, 9.17) is 0 Å². The quantitative estimate of drug-likeness (QED) is 0.546. The fourth-order valence-corrected chi connectivity index (χ4v) is 5.04. The summed E-state index contributed by atoms with van der Waals surface area (Å²) in [6.07, 6.45) is 8.98. The molecule has 2 aromatic carbocycles. The van der Waals surface area contributed by atoms with Gasteiger partial charge in [0.15, 0.2) is 0 Å². The number of nitrogens with zero attached hydrogens (tertiary/aromatic N) is 1. The molecule has 1 aliphatic carbocycles. The lowest BCUT2D eigenvalue weighted by Gasteiger charge is -2.30. The third-order valence-corrected chi connectivity index (χ3v) is 6.84. The highest BCUT2D eigenvalue weighted by atomic mass is 19.1. The van der Waals surface area contributed by atoms with Crippen LogP contribution in [0, 0.1) is 17.6 Å². The molecule has 166 valence electrons. The smallest absolute Gasteiger partial charge is 0.123 e. The van der Waals surface area contributed by atoms with Crippen molar-refractivity contribution in [3.05, 3.63) is 76.9 Å². The van der Waals surface area contributed by atoms with Crippen LogP contribution < -0.4 is 5.32 Å². The molecule has 1 saturated heterocycles. The van der Waals surface area contributed by atoms with Crippen molar-refractivity contribution in [2.45, 2.75) is 44.9 Å². The number of hydrogen-bond donors (Lipinski definition) is 1. The molecule has 0 atom stereocenters. The zero-order valence-electron chi connectivity index (χ0n) is 18.4. The van der Waals surface area contributed by atoms with E-state index in [0.717, 1.165) is 68.2 Å². The molecule has 0 bridgehead atoms. The Morgan fingerprint density at radius 3 is 1.90 bits per heavy atom. The summed E-state index contributed by atoms with van der Waals surface area (Å²) in [5, 5.41) is 3.67. The summed E-state index contributed by atoms with van der Waals surface area (Å²) in [6.45, 7) is 5.37. The minimum atomic E-state index is -0.234. The van der Waals surface area contributed by atoms with E-state index in [9.17, 15) is 8.78 Å². The lowest BCUT2D eigenvalue weighted by molar-refractivity contribution is 0.251. The van der Waals surface area contributed by atoms with Crippen molar-refractivity contribution in [2.24, 2.45) is 5.92 Å². The molecule has 1 heterocycles. The zero-order valence-corrected chi connectivity index (χ0v) is 18.4. The molecule has 1 N–H and O–H groups in total. The van der Waals surface area contributed by atoms with Crippen LogP contribution in [0.15, 0.2) is 54.1 Å². The third kappa shape index (κ3) is 6.24. The molecule has 2 aromatic rings. The topological polar surface area (TPSA) is 15.3 Å². The maximum atomic E-state index is 13.5. The first-order valence-corrected chi connectivity index (χ1v) is 11.9. The van der Waals surface area contributed by atoms with Gasteiger partial charge in [0, 0.05) is 26.2 Å². The monoisotopic (exact) mass is 424 g/mol. The Morgan fingerprint density at radius 2 is 1.35 bits per heavy atom. The van der Waals surface area contributed by atoms with Gasteiger partial charge in [0.25, 0.3) is 0 Å². The Bertz CT molecular complexity index is 794. The Balaban J connectivity index is 1.37. The Labute approximate surface area is 185 Å². The highest BCUT2D eigenvalue weighted by Gasteiger charge is 2.19. The summed E-state index contributed by atoms with van der Waals surface area (Å²) >= 11 is 0. The number of hydrogen-bond acceptors (Lipinski definition) is 2. The van der Waals surface area contributed by atoms with Crippen molar-refractivity contribution in [2.75, 3.05) is 32.7 Å². The van der Waals surface area contributed by atoms with Crippen molar-refractivity contribution in [3.8, 4) is 0 Å². The summed E-state index contributed by atoms with van der Waals surface area (Å²) in [5.41, 5.74) is 4.52. The van der Waals surface area contributed by atoms with Crippen molar-refractivity contribution in [1.82, 2.24) is 10.2 Å². The number of piperidine rings is 1. The van der Waals surface area contributed by atoms with Gasteiger partial charge < -0.3 is 10.2 Å². The lowest BCUT2D eigenvalue weighted by Crippen LogP contribution is -2.38. The molecular formula is C27H34F2N2. The molecule has 0 spiro atoms. The minimum Gasteiger partial charge on any atom is -0.315 e. The van der Waals surface area contributed by atoms with E-state index in [0.29, 0.717) is 0 Å². The van der Waals surface area contributed by atoms with Gasteiger partial charge in [-0.3, -0.25) is 0 Å². The summed E-state index contributed by atoms with van der Waals surface area (Å²) < 4.78 is 27.0. The standard InChI is InChI=1S/C27H34F2N2/c28-25-10-6-22(7-11-25)27(23-8-12-26(29)13-9-23)24-14-17-31(18-15-24)19-16-30-20-21-4-2-1-3-5-21/h6-13,21,30H,1-5,14-20H2. The largest absolute Gasteiger partial charge is 0.315 e. The van der Waals surface area contributed by atoms with E-state index in [1.807, 2.05) is 24.3 Å². The van der Waals surface area contributed by atoms with Crippen LogP contribution in [-0.4, -0.2) is 37.6 Å². The van der Waals surface area contributed by atoms with Gasteiger partial charge in [0.2, 0.25) is 0 Å². The van der Waals surface area contributed by atoms with Gasteiger partial charge in [-0.25, -0.2) is 8.78 Å². The Kier molecular flexibility index (Phi) is 7.87. The van der Waals surface area contributed by atoms with Crippen LogP contribution in [0.3, 0.4) is 0 Å². The SMILES string of the molecule is Fc1ccc(C(=C2CCN(CCNCC3CCCCC3)CC2)c2ccc(F)cc2)cc1. The van der Waals surface area contributed by atoms with E-state index < -0.39 is 0 Å². The number of rotatable bonds is 7. The van der Waals surface area contributed by atoms with Crippen LogP contribution >= 0.6 is 0 Å². The van der Waals surface area contributed by atoms with Crippen LogP contribution in [-0.2, 0) is 0 Å². The second kappa shape index (κ2) is 11.0. The summed E-state index contributed by atoms with van der Waals surface area (Å²) in [4.78, 5) is 2.53. The molecular weight excluding hydrogens is 390 g/mol. The van der Waals surface area contributed by atoms with Crippen LogP contribution in [0.5, 0.6) is 0 Å². The molecule has 4 rings (SSSR count). The molecule has 1 saturated carbocycles. The highest BCUT2D eigenvalue weighted by Crippen LogP contribution is 2.32. The molecule has 2 aliphatic rings. The van der Waals surface area contributed by atoms with Crippen LogP contribution in [0.4, 0.5) is 8.78 Å². The van der Waals surface area contributed by atoms with Gasteiger partial charge in [0.1, 0.15) is 11.6 Å². The average Bonchev–Trinajstić information content (AvgIpc) is 2.81. The zero-order chi connectivity index (χ0) is 21.5. The average molecular weight is 425 g/mol. The number of nitrogens with one attached hydrogen (secondary N) is 1. The number of halogens is 2. The molecule has 2 fully saturated rings. The predicted octanol–water partition coefficient (Wildman–Crippen LogP) is 6.03. The van der Waals surface area contributed by atoms with E-state index in [-0.39, 0.29) is 11.6 Å². The highest BCUT2D eigenvalue weighted by molar-refractivity contribution is 5.82. The molecule has 0 aromatic heterocycles. The number of likely N-dealkylation sites (tertiary alicyclic amines) is 1. The molecule has 4 heteroatoms. The first kappa shape index (κ1) is 22.2. The van der Waals surface area contributed by atoms with E-state index in [1.54, 1.807) is 0 Å². The maximum absolute atomic E-state index is 13.5. The molecule has 31 heavy (non-hydrogen) atoms. The summed E-state index contributed by atoms with van der Waals surface area (Å²) in [6, 6.07) is 13.4. The van der Waals surface area contributed by atoms with Gasteiger partial charge in [-0.1, -0.05) is 49.1 Å². The lowest BCUT2D eigenvalue weighted by atomic mass is 9.88. The molecule has 2 nitrogen and oxygen atoms in total. The van der Waals surface area contributed by atoms with Crippen molar-refractivity contribution >= 4 is 5.57 Å². The van der Waals surface area contributed by atoms with Crippen LogP contribution in [0.1, 0.15) is 56.1 Å². The third-order valence-electron chi connectivity index (χ3n) is 6.84. The van der Waals surface area contributed by atoms with Gasteiger partial charge in [-0.15, -0.1) is 0 Å². The molecule has 0 unspecified atom stereocenters. The van der Waals surface area contributed by atoms with E-state index in [1.165, 1.54) is 61.9 Å². The molecule has 0 amide bonds. The normalized spacial score (nSPS) is 18.3. The van der Waals surface area contributed by atoms with Crippen molar-refractivity contribution < 1.29 is 8.78 Å². The Morgan fingerprint density at radius 1 is 0.806 bits per heavy atom. The number of benzene rings is 2. The second-order valence-corrected chi connectivity index (χ2v) is 9.04. The van der Waals surface area contributed by atoms with Crippen molar-refractivity contribution in [3.63, 3.8) is 0 Å². The second-order valence-electron chi connectivity index (χ2n) is 9.04. The van der Waals surface area contributed by atoms with Gasteiger partial charge in [0.05, 0.1) is 0 Å². The van der Waals surface area contributed by atoms with Gasteiger partial charge >= 0.3 is 0 Å². The Hall–Kier alpha value is -2.04. The fraction of sp³-hybridized carbons (Fsp3) is 0.481. The fourth-order valence-electron chi connectivity index (χ4n) is 5.04. The van der Waals surface area contributed by atoms with Crippen LogP contribution in [0.25, 0.3) is 5.57 Å². The first-order chi connectivity index (χ1) is 15.2. The van der Waals surface area contributed by atoms with Gasteiger partial charge in [-0.05, 0) is 79.1 Å². The van der Waals surface area contributed by atoms with Crippen LogP contribution in [0.2, 0.25) is 0 Å². The summed E-state index contributed by atoms with van der Waals surface area (Å²) in [7, 11) is 0. The van der Waals surface area contributed by atoms with E-state index in [2.05, 4.69) is 10.2 Å². The minimum absolute atomic E-state index is 0.234. The molecule has 0 radical (unpaired) electrons. The van der Waals surface area contributed by atoms with Gasteiger partial charge in [-0.2, -0.15) is 0 Å². The predicted molar refractivity (Wildman–Crippen MR) is 124 cm³/mol. The van der Waals surface area contributed by atoms with E-state index >= 15 is 0 Å². The summed E-state index contributed by atoms with van der Waals surface area (Å²) in [5.74, 6) is 0.407. The first-order valence-electron chi connectivity index (χ1n) is 11.9. The molecule has 1 aliphatic heterocycles. The van der Waals surface area contributed by atoms with Crippen molar-refractivity contribution in [1.29, 1.82) is 0 Å². The maximum Gasteiger partial charge on any atom is 0.123 e.